The van der Waals surface area contributed by atoms with Gasteiger partial charge in [0.2, 0.25) is 0 Å². The monoisotopic (exact) mass is 285 g/mol. The molecule has 0 bridgehead atoms. The standard InChI is InChI=1S/C15H19N5O/c1-11-9-12(3-6-16-11)19-15(21)14-10-13(4-7-17-14)20-8-2-5-18-20/h2,4-5,7-8,10-12,16H,3,6,9H2,1H3,(H,19,21). The van der Waals surface area contributed by atoms with E-state index in [-0.39, 0.29) is 11.9 Å². The Morgan fingerprint density at radius 1 is 1.48 bits per heavy atom. The Kier molecular flexibility index (Phi) is 3.96. The zero-order valence-electron chi connectivity index (χ0n) is 12.0. The molecule has 2 atom stereocenters. The molecule has 0 saturated carbocycles. The lowest BCUT2D eigenvalue weighted by Crippen LogP contribution is -2.46. The number of nitrogens with zero attached hydrogens (tertiary/aromatic N) is 3. The van der Waals surface area contributed by atoms with Gasteiger partial charge < -0.3 is 10.6 Å². The molecule has 1 saturated heterocycles. The Hall–Kier alpha value is -2.21. The van der Waals surface area contributed by atoms with Crippen molar-refractivity contribution in [1.82, 2.24) is 25.4 Å². The van der Waals surface area contributed by atoms with E-state index >= 15 is 0 Å². The van der Waals surface area contributed by atoms with Gasteiger partial charge in [0.05, 0.1) is 5.69 Å². The van der Waals surface area contributed by atoms with Crippen molar-refractivity contribution in [1.29, 1.82) is 0 Å². The molecule has 0 aromatic carbocycles. The van der Waals surface area contributed by atoms with Gasteiger partial charge in [-0.15, -0.1) is 0 Å². The van der Waals surface area contributed by atoms with E-state index in [2.05, 4.69) is 27.6 Å². The van der Waals surface area contributed by atoms with Crippen LogP contribution in [-0.4, -0.2) is 39.3 Å². The molecule has 1 fully saturated rings. The Bertz CT molecular complexity index is 610. The Labute approximate surface area is 123 Å². The number of hydrogen-bond donors (Lipinski definition) is 2. The molecule has 2 unspecified atom stereocenters. The normalized spacial score (nSPS) is 22.0. The van der Waals surface area contributed by atoms with Gasteiger partial charge in [-0.2, -0.15) is 5.10 Å². The highest BCUT2D eigenvalue weighted by Crippen LogP contribution is 2.11. The number of rotatable bonds is 3. The number of carbonyl (C=O) groups is 1. The van der Waals surface area contributed by atoms with Gasteiger partial charge in [-0.1, -0.05) is 0 Å². The van der Waals surface area contributed by atoms with Crippen LogP contribution in [0, 0.1) is 0 Å². The summed E-state index contributed by atoms with van der Waals surface area (Å²) < 4.78 is 1.71. The third-order valence-corrected chi connectivity index (χ3v) is 3.70. The second-order valence-corrected chi connectivity index (χ2v) is 5.40. The zero-order chi connectivity index (χ0) is 14.7. The third kappa shape index (κ3) is 3.28. The Morgan fingerprint density at radius 3 is 3.14 bits per heavy atom. The number of carbonyl (C=O) groups excluding carboxylic acids is 1. The van der Waals surface area contributed by atoms with Crippen molar-refractivity contribution in [3.63, 3.8) is 0 Å². The largest absolute Gasteiger partial charge is 0.348 e. The summed E-state index contributed by atoms with van der Waals surface area (Å²) in [5.41, 5.74) is 1.26. The van der Waals surface area contributed by atoms with Crippen LogP contribution < -0.4 is 10.6 Å². The summed E-state index contributed by atoms with van der Waals surface area (Å²) in [6.07, 6.45) is 7.08. The van der Waals surface area contributed by atoms with Gasteiger partial charge in [-0.25, -0.2) is 4.68 Å². The first-order chi connectivity index (χ1) is 10.2. The van der Waals surface area contributed by atoms with E-state index in [1.165, 1.54) is 0 Å². The number of nitrogens with one attached hydrogen (secondary N) is 2. The van der Waals surface area contributed by atoms with Crippen molar-refractivity contribution >= 4 is 5.91 Å². The summed E-state index contributed by atoms with van der Waals surface area (Å²) in [6.45, 7) is 3.07. The molecule has 1 aliphatic rings. The highest BCUT2D eigenvalue weighted by atomic mass is 16.1. The van der Waals surface area contributed by atoms with Crippen molar-refractivity contribution in [2.45, 2.75) is 31.8 Å². The fraction of sp³-hybridized carbons (Fsp3) is 0.400. The fourth-order valence-electron chi connectivity index (χ4n) is 2.63. The van der Waals surface area contributed by atoms with Gasteiger partial charge in [0, 0.05) is 30.7 Å². The Balaban J connectivity index is 1.71. The SMILES string of the molecule is CC1CC(NC(=O)c2cc(-n3cccn3)ccn2)CCN1. The highest BCUT2D eigenvalue weighted by Gasteiger charge is 2.21. The van der Waals surface area contributed by atoms with Crippen LogP contribution in [0.1, 0.15) is 30.3 Å². The average molecular weight is 285 g/mol. The summed E-state index contributed by atoms with van der Waals surface area (Å²) in [4.78, 5) is 16.5. The highest BCUT2D eigenvalue weighted by molar-refractivity contribution is 5.92. The summed E-state index contributed by atoms with van der Waals surface area (Å²) in [6, 6.07) is 6.08. The summed E-state index contributed by atoms with van der Waals surface area (Å²) in [7, 11) is 0. The van der Waals surface area contributed by atoms with Crippen LogP contribution in [0.25, 0.3) is 5.69 Å². The molecule has 3 heterocycles. The minimum absolute atomic E-state index is 0.122. The maximum absolute atomic E-state index is 12.3. The molecule has 2 N–H and O–H groups in total. The number of aromatic nitrogens is 3. The van der Waals surface area contributed by atoms with E-state index in [0.717, 1.165) is 25.1 Å². The lowest BCUT2D eigenvalue weighted by Gasteiger charge is -2.28. The quantitative estimate of drug-likeness (QED) is 0.887. The molecule has 1 aliphatic heterocycles. The van der Waals surface area contributed by atoms with E-state index in [1.54, 1.807) is 23.1 Å². The molecule has 6 nitrogen and oxygen atoms in total. The smallest absolute Gasteiger partial charge is 0.270 e. The van der Waals surface area contributed by atoms with Crippen LogP contribution in [0.3, 0.4) is 0 Å². The van der Waals surface area contributed by atoms with Gasteiger partial charge in [-0.3, -0.25) is 9.78 Å². The molecular formula is C15H19N5O. The van der Waals surface area contributed by atoms with Gasteiger partial charge in [-0.05, 0) is 44.5 Å². The van der Waals surface area contributed by atoms with Gasteiger partial charge in [0.25, 0.3) is 5.91 Å². The molecule has 0 spiro atoms. The topological polar surface area (TPSA) is 71.8 Å². The van der Waals surface area contributed by atoms with Crippen molar-refractivity contribution in [2.75, 3.05) is 6.54 Å². The lowest BCUT2D eigenvalue weighted by atomic mass is 10.0. The molecule has 21 heavy (non-hydrogen) atoms. The summed E-state index contributed by atoms with van der Waals surface area (Å²) in [5.74, 6) is -0.122. The molecule has 3 rings (SSSR count). The van der Waals surface area contributed by atoms with Crippen LogP contribution in [0.5, 0.6) is 0 Å². The number of amides is 1. The molecule has 0 aliphatic carbocycles. The zero-order valence-corrected chi connectivity index (χ0v) is 12.0. The van der Waals surface area contributed by atoms with Crippen LogP contribution in [0.4, 0.5) is 0 Å². The predicted molar refractivity (Wildman–Crippen MR) is 79.3 cm³/mol. The second kappa shape index (κ2) is 6.05. The average Bonchev–Trinajstić information content (AvgIpc) is 3.02. The van der Waals surface area contributed by atoms with Crippen molar-refractivity contribution < 1.29 is 4.79 Å². The number of piperidine rings is 1. The molecule has 0 radical (unpaired) electrons. The maximum atomic E-state index is 12.3. The summed E-state index contributed by atoms with van der Waals surface area (Å²) in [5, 5.41) is 10.6. The number of pyridine rings is 1. The summed E-state index contributed by atoms with van der Waals surface area (Å²) >= 11 is 0. The maximum Gasteiger partial charge on any atom is 0.270 e. The van der Waals surface area contributed by atoms with E-state index in [1.807, 2.05) is 18.3 Å². The molecular weight excluding hydrogens is 266 g/mol. The van der Waals surface area contributed by atoms with E-state index in [4.69, 9.17) is 0 Å². The second-order valence-electron chi connectivity index (χ2n) is 5.40. The van der Waals surface area contributed by atoms with Crippen LogP contribution in [0.15, 0.2) is 36.8 Å². The van der Waals surface area contributed by atoms with E-state index < -0.39 is 0 Å². The van der Waals surface area contributed by atoms with E-state index in [0.29, 0.717) is 11.7 Å². The number of hydrogen-bond acceptors (Lipinski definition) is 4. The van der Waals surface area contributed by atoms with Crippen molar-refractivity contribution in [2.24, 2.45) is 0 Å². The molecule has 2 aromatic rings. The van der Waals surface area contributed by atoms with Crippen molar-refractivity contribution in [3.05, 3.63) is 42.5 Å². The first kappa shape index (κ1) is 13.8. The molecule has 2 aromatic heterocycles. The first-order valence-electron chi connectivity index (χ1n) is 7.22. The van der Waals surface area contributed by atoms with Crippen molar-refractivity contribution in [3.8, 4) is 5.69 Å². The van der Waals surface area contributed by atoms with E-state index in [9.17, 15) is 4.79 Å². The van der Waals surface area contributed by atoms with Crippen LogP contribution in [0.2, 0.25) is 0 Å². The van der Waals surface area contributed by atoms with Gasteiger partial charge >= 0.3 is 0 Å². The predicted octanol–water partition coefficient (Wildman–Crippen LogP) is 1.14. The molecule has 6 heteroatoms. The first-order valence-corrected chi connectivity index (χ1v) is 7.22. The van der Waals surface area contributed by atoms with Gasteiger partial charge in [0.15, 0.2) is 0 Å². The van der Waals surface area contributed by atoms with Crippen LogP contribution >= 0.6 is 0 Å². The molecule has 1 amide bonds. The molecule has 110 valence electrons. The van der Waals surface area contributed by atoms with Gasteiger partial charge in [0.1, 0.15) is 5.69 Å². The van der Waals surface area contributed by atoms with Crippen LogP contribution in [-0.2, 0) is 0 Å². The third-order valence-electron chi connectivity index (χ3n) is 3.70. The Morgan fingerprint density at radius 2 is 2.38 bits per heavy atom. The fourth-order valence-corrected chi connectivity index (χ4v) is 2.63. The minimum Gasteiger partial charge on any atom is -0.348 e. The minimum atomic E-state index is -0.122. The lowest BCUT2D eigenvalue weighted by molar-refractivity contribution is 0.0920.